The van der Waals surface area contributed by atoms with Crippen molar-refractivity contribution in [3.05, 3.63) is 186 Å². The molecule has 0 spiro atoms. The molecule has 7 rings (SSSR count). The average Bonchev–Trinajstić information content (AvgIpc) is 3.87. The fraction of sp³-hybridized carbons (Fsp3) is 0.162. The van der Waals surface area contributed by atoms with E-state index in [9.17, 15) is 15.3 Å². The molecule has 0 amide bonds. The number of hydrogen-bond donors (Lipinski definition) is 3. The molecule has 4 atom stereocenters. The number of allylic oxidation sites excluding steroid dienone is 5. The summed E-state index contributed by atoms with van der Waals surface area (Å²) in [6.45, 7) is 0. The van der Waals surface area contributed by atoms with Crippen LogP contribution in [0.1, 0.15) is 35.7 Å². The Kier molecular flexibility index (Phi) is 13.0. The van der Waals surface area contributed by atoms with E-state index in [1.807, 2.05) is 121 Å². The van der Waals surface area contributed by atoms with Gasteiger partial charge in [-0.2, -0.15) is 54.1 Å². The summed E-state index contributed by atoms with van der Waals surface area (Å²) in [5.74, 6) is -0.976. The molecule has 0 radical (unpaired) electrons. The molecule has 4 unspecified atom stereocenters. The zero-order valence-electron chi connectivity index (χ0n) is 24.0. The van der Waals surface area contributed by atoms with E-state index < -0.39 is 17.1 Å². The summed E-state index contributed by atoms with van der Waals surface area (Å²) < 4.78 is 0. The first-order valence-electron chi connectivity index (χ1n) is 14.1. The maximum atomic E-state index is 12.3. The van der Waals surface area contributed by atoms with Crippen molar-refractivity contribution in [1.82, 2.24) is 9.97 Å². The minimum absolute atomic E-state index is 0. The van der Waals surface area contributed by atoms with Crippen LogP contribution >= 0.6 is 0 Å². The quantitative estimate of drug-likeness (QED) is 0.107. The number of aromatic nitrogens is 2. The molecule has 7 heteroatoms. The van der Waals surface area contributed by atoms with Gasteiger partial charge in [-0.1, -0.05) is 36.4 Å². The van der Waals surface area contributed by atoms with Crippen molar-refractivity contribution in [3.8, 4) is 0 Å². The standard InChI is InChI=1S/C27H25N2O3.2C5H5.2Fe/c30-25(20-11-3-4-12-20)24-21(19-9-1-2-10-19)17-26(31,22-13-5-7-15-28-22)18-27(24,32)23-14-6-8-16-29-23;2*1-2-4-5-3-1;;/h1-16,21,24,30-32H,17-18H2;2*1-5H;;/q3*-1;;+2. The van der Waals surface area contributed by atoms with Crippen LogP contribution in [0.4, 0.5) is 0 Å². The summed E-state index contributed by atoms with van der Waals surface area (Å²) in [6.07, 6.45) is 10.9. The second kappa shape index (κ2) is 16.4. The fourth-order valence-electron chi connectivity index (χ4n) is 5.87. The molecule has 1 saturated carbocycles. The molecule has 3 N–H and O–H groups in total. The zero-order chi connectivity index (χ0) is 29.3. The summed E-state index contributed by atoms with van der Waals surface area (Å²) in [4.78, 5) is 8.88. The van der Waals surface area contributed by atoms with Gasteiger partial charge in [0.25, 0.3) is 0 Å². The number of rotatable bonds is 4. The number of aliphatic hydroxyl groups excluding tert-OH is 1. The van der Waals surface area contributed by atoms with E-state index in [0.717, 1.165) is 5.56 Å². The summed E-state index contributed by atoms with van der Waals surface area (Å²) in [5.41, 5.74) is -0.528. The molecular formula is C37H35Fe2N2O3-. The first kappa shape index (κ1) is 34.8. The summed E-state index contributed by atoms with van der Waals surface area (Å²) in [6, 6.07) is 38.6. The monoisotopic (exact) mass is 667 g/mol. The number of nitrogens with zero attached hydrogens (tertiary/aromatic N) is 2. The third-order valence-electron chi connectivity index (χ3n) is 7.77. The topological polar surface area (TPSA) is 86.5 Å². The van der Waals surface area contributed by atoms with Crippen LogP contribution in [0.5, 0.6) is 0 Å². The first-order chi connectivity index (χ1) is 20.5. The van der Waals surface area contributed by atoms with Crippen LogP contribution in [0.2, 0.25) is 0 Å². The van der Waals surface area contributed by atoms with Crippen molar-refractivity contribution < 1.29 is 49.5 Å². The number of hydrogen-bond acceptors (Lipinski definition) is 5. The maximum Gasteiger partial charge on any atom is 2.00 e. The molecule has 5 aromatic rings. The smallest absolute Gasteiger partial charge is 0.511 e. The van der Waals surface area contributed by atoms with Gasteiger partial charge in [-0.3, -0.25) is 9.97 Å². The molecule has 2 heterocycles. The SMILES string of the molecule is OC(=C1C=CC=C1)C1C([c-]2cccc2)CC(O)(c2ccccn2)CC1(O)c1ccccn1.[Fe+2].[Fe].c1cc[cH-]c1.c1cc[cH-]c1. The van der Waals surface area contributed by atoms with Crippen LogP contribution in [0.3, 0.4) is 0 Å². The van der Waals surface area contributed by atoms with Gasteiger partial charge in [0.15, 0.2) is 0 Å². The Morgan fingerprint density at radius 2 is 1.27 bits per heavy atom. The minimum atomic E-state index is -1.63. The summed E-state index contributed by atoms with van der Waals surface area (Å²) in [5, 5.41) is 35.7. The molecule has 3 aromatic carbocycles. The van der Waals surface area contributed by atoms with Crippen LogP contribution in [-0.4, -0.2) is 25.3 Å². The van der Waals surface area contributed by atoms with Crippen LogP contribution in [0, 0.1) is 5.92 Å². The Morgan fingerprint density at radius 3 is 1.73 bits per heavy atom. The Hall–Kier alpha value is -3.67. The predicted octanol–water partition coefficient (Wildman–Crippen LogP) is 7.21. The fourth-order valence-corrected chi connectivity index (χ4v) is 5.87. The van der Waals surface area contributed by atoms with Crippen molar-refractivity contribution in [2.24, 2.45) is 5.92 Å². The van der Waals surface area contributed by atoms with Gasteiger partial charge in [0, 0.05) is 47.4 Å². The van der Waals surface area contributed by atoms with E-state index >= 15 is 0 Å². The Labute approximate surface area is 280 Å². The van der Waals surface area contributed by atoms with Gasteiger partial charge in [0.2, 0.25) is 0 Å². The van der Waals surface area contributed by atoms with Crippen molar-refractivity contribution in [2.75, 3.05) is 0 Å². The molecule has 2 aromatic heterocycles. The Morgan fingerprint density at radius 1 is 0.750 bits per heavy atom. The van der Waals surface area contributed by atoms with Gasteiger partial charge < -0.3 is 15.3 Å². The molecular weight excluding hydrogens is 632 g/mol. The van der Waals surface area contributed by atoms with Crippen LogP contribution < -0.4 is 0 Å². The van der Waals surface area contributed by atoms with Gasteiger partial charge in [-0.25, -0.2) is 36.4 Å². The zero-order valence-corrected chi connectivity index (χ0v) is 26.2. The van der Waals surface area contributed by atoms with E-state index in [2.05, 4.69) is 9.97 Å². The van der Waals surface area contributed by atoms with Gasteiger partial charge in [0.1, 0.15) is 17.0 Å². The first-order valence-corrected chi connectivity index (χ1v) is 14.1. The second-order valence-electron chi connectivity index (χ2n) is 10.6. The van der Waals surface area contributed by atoms with Crippen molar-refractivity contribution in [1.29, 1.82) is 0 Å². The predicted molar refractivity (Wildman–Crippen MR) is 166 cm³/mol. The van der Waals surface area contributed by atoms with Gasteiger partial charge in [-0.05, 0) is 36.6 Å². The van der Waals surface area contributed by atoms with Crippen LogP contribution in [-0.2, 0) is 45.3 Å². The molecule has 2 aliphatic carbocycles. The second-order valence-corrected chi connectivity index (χ2v) is 10.6. The van der Waals surface area contributed by atoms with Crippen LogP contribution in [0.15, 0.2) is 169 Å². The third-order valence-corrected chi connectivity index (χ3v) is 7.77. The molecule has 2 aliphatic rings. The van der Waals surface area contributed by atoms with Crippen LogP contribution in [0.25, 0.3) is 0 Å². The molecule has 44 heavy (non-hydrogen) atoms. The molecule has 0 bridgehead atoms. The van der Waals surface area contributed by atoms with Gasteiger partial charge >= 0.3 is 17.1 Å². The molecule has 0 saturated heterocycles. The van der Waals surface area contributed by atoms with Crippen molar-refractivity contribution >= 4 is 0 Å². The molecule has 228 valence electrons. The number of pyridine rings is 2. The van der Waals surface area contributed by atoms with Crippen molar-refractivity contribution in [2.45, 2.75) is 30.0 Å². The number of aliphatic hydroxyl groups is 3. The van der Waals surface area contributed by atoms with Gasteiger partial charge in [-0.15, -0.1) is 0 Å². The van der Waals surface area contributed by atoms with Gasteiger partial charge in [0.05, 0.1) is 11.4 Å². The third kappa shape index (κ3) is 8.07. The maximum absolute atomic E-state index is 12.3. The Balaban J connectivity index is 0.000000374. The largest absolute Gasteiger partial charge is 2.00 e. The molecule has 1 fully saturated rings. The van der Waals surface area contributed by atoms with E-state index in [-0.39, 0.29) is 52.2 Å². The summed E-state index contributed by atoms with van der Waals surface area (Å²) >= 11 is 0. The van der Waals surface area contributed by atoms with E-state index in [0.29, 0.717) is 23.4 Å². The van der Waals surface area contributed by atoms with E-state index in [1.165, 1.54) is 0 Å². The van der Waals surface area contributed by atoms with Crippen molar-refractivity contribution in [3.63, 3.8) is 0 Å². The van der Waals surface area contributed by atoms with E-state index in [4.69, 9.17) is 0 Å². The minimum Gasteiger partial charge on any atom is -0.511 e. The van der Waals surface area contributed by atoms with E-state index in [1.54, 1.807) is 36.7 Å². The average molecular weight is 667 g/mol. The molecule has 5 nitrogen and oxygen atoms in total. The molecule has 0 aliphatic heterocycles. The Bertz CT molecular complexity index is 1490. The normalized spacial score (nSPS) is 23.2. The summed E-state index contributed by atoms with van der Waals surface area (Å²) in [7, 11) is 0.